The molecule has 0 aliphatic heterocycles. The van der Waals surface area contributed by atoms with Gasteiger partial charge in [0.15, 0.2) is 0 Å². The predicted molar refractivity (Wildman–Crippen MR) is 69.4 cm³/mol. The van der Waals surface area contributed by atoms with Gasteiger partial charge in [-0.05, 0) is 18.6 Å². The van der Waals surface area contributed by atoms with Crippen LogP contribution in [0, 0.1) is 11.3 Å². The van der Waals surface area contributed by atoms with Crippen LogP contribution in [-0.4, -0.2) is 21.5 Å². The van der Waals surface area contributed by atoms with Crippen LogP contribution < -0.4 is 5.32 Å². The molecule has 0 radical (unpaired) electrons. The number of aromatic amines is 1. The van der Waals surface area contributed by atoms with Crippen LogP contribution in [-0.2, 0) is 6.42 Å². The van der Waals surface area contributed by atoms with Gasteiger partial charge in [0, 0.05) is 25.4 Å². The lowest BCUT2D eigenvalue weighted by molar-refractivity contribution is 0.814. The number of nitriles is 1. The molecule has 2 aromatic rings. The predicted octanol–water partition coefficient (Wildman–Crippen LogP) is 2.37. The molecule has 0 unspecified atom stereocenters. The van der Waals surface area contributed by atoms with Gasteiger partial charge in [-0.2, -0.15) is 5.26 Å². The van der Waals surface area contributed by atoms with Crippen molar-refractivity contribution < 1.29 is 0 Å². The smallest absolute Gasteiger partial charge is 0.132 e. The quantitative estimate of drug-likeness (QED) is 0.640. The van der Waals surface area contributed by atoms with Crippen molar-refractivity contribution in [2.45, 2.75) is 12.8 Å². The lowest BCUT2D eigenvalue weighted by Gasteiger charge is -2.05. The summed E-state index contributed by atoms with van der Waals surface area (Å²) in [7, 11) is 0. The van der Waals surface area contributed by atoms with E-state index in [0.29, 0.717) is 16.5 Å². The Hall–Kier alpha value is -2.06. The molecule has 0 fully saturated rings. The Kier molecular flexibility index (Phi) is 4.15. The third kappa shape index (κ3) is 3.47. The van der Waals surface area contributed by atoms with E-state index < -0.39 is 0 Å². The first kappa shape index (κ1) is 12.4. The van der Waals surface area contributed by atoms with Crippen molar-refractivity contribution in [3.63, 3.8) is 0 Å². The summed E-state index contributed by atoms with van der Waals surface area (Å²) in [6.07, 6.45) is 5.33. The molecule has 0 aromatic carbocycles. The van der Waals surface area contributed by atoms with E-state index in [1.54, 1.807) is 18.5 Å². The molecule has 18 heavy (non-hydrogen) atoms. The van der Waals surface area contributed by atoms with Crippen molar-refractivity contribution in [1.29, 1.82) is 5.26 Å². The van der Waals surface area contributed by atoms with Crippen molar-refractivity contribution in [3.8, 4) is 6.07 Å². The number of nitrogens with one attached hydrogen (secondary N) is 2. The summed E-state index contributed by atoms with van der Waals surface area (Å²) in [6, 6.07) is 5.26. The third-order valence-corrected chi connectivity index (χ3v) is 2.57. The second-order valence-corrected chi connectivity index (χ2v) is 4.13. The van der Waals surface area contributed by atoms with E-state index in [-0.39, 0.29) is 0 Å². The topological polar surface area (TPSA) is 77.4 Å². The Morgan fingerprint density at radius 2 is 2.33 bits per heavy atom. The Morgan fingerprint density at radius 3 is 3.06 bits per heavy atom. The fourth-order valence-electron chi connectivity index (χ4n) is 1.56. The van der Waals surface area contributed by atoms with Gasteiger partial charge < -0.3 is 10.3 Å². The maximum absolute atomic E-state index is 8.81. The minimum atomic E-state index is 0.322. The van der Waals surface area contributed by atoms with Gasteiger partial charge in [-0.15, -0.1) is 0 Å². The van der Waals surface area contributed by atoms with Crippen LogP contribution >= 0.6 is 11.6 Å². The molecule has 0 saturated heterocycles. The molecule has 0 aliphatic rings. The highest BCUT2D eigenvalue weighted by atomic mass is 35.5. The number of anilines is 1. The number of aromatic nitrogens is 3. The maximum atomic E-state index is 8.81. The normalized spacial score (nSPS) is 10.0. The Morgan fingerprint density at radius 1 is 1.44 bits per heavy atom. The van der Waals surface area contributed by atoms with Crippen molar-refractivity contribution in [1.82, 2.24) is 15.0 Å². The summed E-state index contributed by atoms with van der Waals surface area (Å²) in [5, 5.41) is 12.3. The summed E-state index contributed by atoms with van der Waals surface area (Å²) >= 11 is 5.81. The molecular weight excluding hydrogens is 250 g/mol. The number of H-pyrrole nitrogens is 1. The number of halogens is 1. The molecule has 2 N–H and O–H groups in total. The van der Waals surface area contributed by atoms with Crippen LogP contribution in [0.1, 0.15) is 17.8 Å². The standard InChI is InChI=1S/C12H12ClN5/c13-10-6-9(8-14)7-12(18-10)15-3-1-2-11-16-4-5-17-11/h4-7H,1-3H2,(H,15,18)(H,16,17). The van der Waals surface area contributed by atoms with Gasteiger partial charge in [0.25, 0.3) is 0 Å². The van der Waals surface area contributed by atoms with Gasteiger partial charge in [-0.1, -0.05) is 11.6 Å². The first-order valence-corrected chi connectivity index (χ1v) is 5.95. The van der Waals surface area contributed by atoms with Crippen LogP contribution in [0.15, 0.2) is 24.5 Å². The monoisotopic (exact) mass is 261 g/mol. The second kappa shape index (κ2) is 6.03. The van der Waals surface area contributed by atoms with Crippen molar-refractivity contribution in [2.75, 3.05) is 11.9 Å². The van der Waals surface area contributed by atoms with Crippen molar-refractivity contribution in [3.05, 3.63) is 41.1 Å². The highest BCUT2D eigenvalue weighted by molar-refractivity contribution is 6.29. The molecule has 0 bridgehead atoms. The number of hydrogen-bond donors (Lipinski definition) is 2. The molecule has 0 atom stereocenters. The largest absolute Gasteiger partial charge is 0.370 e. The Balaban J connectivity index is 1.83. The average molecular weight is 262 g/mol. The number of hydrogen-bond acceptors (Lipinski definition) is 4. The highest BCUT2D eigenvalue weighted by Gasteiger charge is 2.01. The van der Waals surface area contributed by atoms with E-state index in [2.05, 4.69) is 20.3 Å². The number of pyridine rings is 1. The van der Waals surface area contributed by atoms with Gasteiger partial charge in [-0.25, -0.2) is 9.97 Å². The lowest BCUT2D eigenvalue weighted by atomic mass is 10.2. The average Bonchev–Trinajstić information content (AvgIpc) is 2.87. The molecule has 0 saturated carbocycles. The van der Waals surface area contributed by atoms with Crippen LogP contribution in [0.4, 0.5) is 5.82 Å². The zero-order valence-corrected chi connectivity index (χ0v) is 10.4. The molecule has 0 aliphatic carbocycles. The van der Waals surface area contributed by atoms with Crippen molar-refractivity contribution in [2.24, 2.45) is 0 Å². The van der Waals surface area contributed by atoms with Gasteiger partial charge >= 0.3 is 0 Å². The Labute approximate surface area is 110 Å². The molecule has 0 spiro atoms. The van der Waals surface area contributed by atoms with Gasteiger partial charge in [0.05, 0.1) is 11.6 Å². The number of aryl methyl sites for hydroxylation is 1. The summed E-state index contributed by atoms with van der Waals surface area (Å²) in [6.45, 7) is 0.749. The maximum Gasteiger partial charge on any atom is 0.132 e. The molecule has 2 rings (SSSR count). The zero-order chi connectivity index (χ0) is 12.8. The first-order chi connectivity index (χ1) is 8.78. The Bertz CT molecular complexity index is 544. The number of nitrogens with zero attached hydrogens (tertiary/aromatic N) is 3. The van der Waals surface area contributed by atoms with Gasteiger partial charge in [-0.3, -0.25) is 0 Å². The highest BCUT2D eigenvalue weighted by Crippen LogP contribution is 2.13. The fourth-order valence-corrected chi connectivity index (χ4v) is 1.77. The fraction of sp³-hybridized carbons (Fsp3) is 0.250. The van der Waals surface area contributed by atoms with Crippen LogP contribution in [0.2, 0.25) is 5.15 Å². The van der Waals surface area contributed by atoms with Crippen molar-refractivity contribution >= 4 is 17.4 Å². The number of rotatable bonds is 5. The first-order valence-electron chi connectivity index (χ1n) is 5.58. The van der Waals surface area contributed by atoms with E-state index in [1.165, 1.54) is 6.07 Å². The lowest BCUT2D eigenvalue weighted by Crippen LogP contribution is -2.05. The minimum Gasteiger partial charge on any atom is -0.370 e. The van der Waals surface area contributed by atoms with E-state index in [1.807, 2.05) is 6.07 Å². The summed E-state index contributed by atoms with van der Waals surface area (Å²) < 4.78 is 0. The van der Waals surface area contributed by atoms with Crippen LogP contribution in [0.3, 0.4) is 0 Å². The summed E-state index contributed by atoms with van der Waals surface area (Å²) in [5.74, 6) is 1.59. The molecule has 6 heteroatoms. The van der Waals surface area contributed by atoms with E-state index in [4.69, 9.17) is 16.9 Å². The number of imidazole rings is 1. The molecule has 92 valence electrons. The summed E-state index contributed by atoms with van der Waals surface area (Å²) in [5.41, 5.74) is 0.503. The molecule has 5 nitrogen and oxygen atoms in total. The molecule has 2 heterocycles. The molecule has 2 aromatic heterocycles. The molecule has 0 amide bonds. The van der Waals surface area contributed by atoms with Crippen LogP contribution in [0.5, 0.6) is 0 Å². The van der Waals surface area contributed by atoms with E-state index >= 15 is 0 Å². The van der Waals surface area contributed by atoms with E-state index in [9.17, 15) is 0 Å². The van der Waals surface area contributed by atoms with Gasteiger partial charge in [0.2, 0.25) is 0 Å². The summed E-state index contributed by atoms with van der Waals surface area (Å²) in [4.78, 5) is 11.3. The van der Waals surface area contributed by atoms with Crippen LogP contribution in [0.25, 0.3) is 0 Å². The molecular formula is C12H12ClN5. The second-order valence-electron chi connectivity index (χ2n) is 3.74. The SMILES string of the molecule is N#Cc1cc(Cl)nc(NCCCc2ncc[nH]2)c1. The zero-order valence-electron chi connectivity index (χ0n) is 9.65. The van der Waals surface area contributed by atoms with Gasteiger partial charge in [0.1, 0.15) is 16.8 Å². The minimum absolute atomic E-state index is 0.322. The van der Waals surface area contributed by atoms with E-state index in [0.717, 1.165) is 25.2 Å². The third-order valence-electron chi connectivity index (χ3n) is 2.37.